The predicted molar refractivity (Wildman–Crippen MR) is 64.5 cm³/mol. The fourth-order valence-corrected chi connectivity index (χ4v) is 2.49. The van der Waals surface area contributed by atoms with Gasteiger partial charge in [0, 0.05) is 0 Å². The van der Waals surface area contributed by atoms with E-state index < -0.39 is 0 Å². The molecule has 0 amide bonds. The molecule has 0 aromatic heterocycles. The van der Waals surface area contributed by atoms with Crippen LogP contribution in [0.15, 0.2) is 0 Å². The number of hydrogen-bond donors (Lipinski definition) is 0. The predicted octanol–water partition coefficient (Wildman–Crippen LogP) is 5.17. The molecule has 0 N–H and O–H groups in total. The van der Waals surface area contributed by atoms with Crippen LogP contribution in [0.1, 0.15) is 79.1 Å². The topological polar surface area (TPSA) is 0 Å². The Labute approximate surface area is 90.5 Å². The van der Waals surface area contributed by atoms with Gasteiger partial charge in [-0.15, -0.1) is 0 Å². The minimum atomic E-state index is 0.592. The van der Waals surface area contributed by atoms with Gasteiger partial charge in [-0.1, -0.05) is 53.4 Å². The summed E-state index contributed by atoms with van der Waals surface area (Å²) in [5, 5.41) is 0. The second kappa shape index (κ2) is 4.68. The van der Waals surface area contributed by atoms with Crippen LogP contribution in [0.2, 0.25) is 0 Å². The summed E-state index contributed by atoms with van der Waals surface area (Å²) >= 11 is 0. The lowest BCUT2D eigenvalue weighted by molar-refractivity contribution is 0.198. The standard InChI is InChI=1S/C14H28/c1-13(2)9-7-5-6-8-10-14(3,4)12-11-13/h5-12H2,1-4H3. The molecule has 84 valence electrons. The van der Waals surface area contributed by atoms with Crippen molar-refractivity contribution in [1.29, 1.82) is 0 Å². The van der Waals surface area contributed by atoms with Gasteiger partial charge in [-0.2, -0.15) is 0 Å². The second-order valence-corrected chi connectivity index (χ2v) is 6.74. The molecule has 0 spiro atoms. The minimum Gasteiger partial charge on any atom is -0.0599 e. The van der Waals surface area contributed by atoms with Crippen LogP contribution >= 0.6 is 0 Å². The highest BCUT2D eigenvalue weighted by Gasteiger charge is 2.24. The average molecular weight is 196 g/mol. The Bertz CT molecular complexity index is 145. The zero-order valence-electron chi connectivity index (χ0n) is 10.7. The third kappa shape index (κ3) is 4.48. The van der Waals surface area contributed by atoms with Gasteiger partial charge in [0.2, 0.25) is 0 Å². The van der Waals surface area contributed by atoms with Crippen molar-refractivity contribution in [3.63, 3.8) is 0 Å². The number of hydrogen-bond acceptors (Lipinski definition) is 0. The zero-order chi connectivity index (χ0) is 10.7. The molecule has 0 aliphatic heterocycles. The Hall–Kier alpha value is 0. The van der Waals surface area contributed by atoms with Crippen LogP contribution in [0.4, 0.5) is 0 Å². The fraction of sp³-hybridized carbons (Fsp3) is 1.00. The summed E-state index contributed by atoms with van der Waals surface area (Å²) in [7, 11) is 0. The smallest absolute Gasteiger partial charge is 0.0354 e. The Kier molecular flexibility index (Phi) is 4.04. The Morgan fingerprint density at radius 2 is 0.857 bits per heavy atom. The van der Waals surface area contributed by atoms with Gasteiger partial charge in [-0.05, 0) is 36.5 Å². The van der Waals surface area contributed by atoms with E-state index in [9.17, 15) is 0 Å². The van der Waals surface area contributed by atoms with Crippen molar-refractivity contribution in [2.24, 2.45) is 10.8 Å². The molecule has 0 saturated heterocycles. The van der Waals surface area contributed by atoms with Crippen molar-refractivity contribution in [1.82, 2.24) is 0 Å². The van der Waals surface area contributed by atoms with Crippen molar-refractivity contribution in [2.45, 2.75) is 79.1 Å². The van der Waals surface area contributed by atoms with Gasteiger partial charge in [0.1, 0.15) is 0 Å². The van der Waals surface area contributed by atoms with Crippen LogP contribution in [0.25, 0.3) is 0 Å². The van der Waals surface area contributed by atoms with E-state index in [1.54, 1.807) is 0 Å². The molecule has 0 bridgehead atoms. The minimum absolute atomic E-state index is 0.592. The molecule has 14 heavy (non-hydrogen) atoms. The van der Waals surface area contributed by atoms with Crippen LogP contribution in [0, 0.1) is 10.8 Å². The van der Waals surface area contributed by atoms with E-state index in [0.717, 1.165) is 0 Å². The van der Waals surface area contributed by atoms with Crippen molar-refractivity contribution in [3.8, 4) is 0 Å². The van der Waals surface area contributed by atoms with Crippen molar-refractivity contribution < 1.29 is 0 Å². The molecular weight excluding hydrogens is 168 g/mol. The van der Waals surface area contributed by atoms with Gasteiger partial charge in [0.25, 0.3) is 0 Å². The van der Waals surface area contributed by atoms with Gasteiger partial charge in [-0.3, -0.25) is 0 Å². The zero-order valence-corrected chi connectivity index (χ0v) is 10.7. The largest absolute Gasteiger partial charge is 0.0599 e. The third-order valence-corrected chi connectivity index (χ3v) is 3.94. The van der Waals surface area contributed by atoms with E-state index in [1.165, 1.54) is 51.4 Å². The molecule has 1 fully saturated rings. The molecule has 0 atom stereocenters. The molecule has 1 saturated carbocycles. The van der Waals surface area contributed by atoms with E-state index in [1.807, 2.05) is 0 Å². The maximum atomic E-state index is 2.45. The first kappa shape index (κ1) is 12.1. The van der Waals surface area contributed by atoms with Crippen molar-refractivity contribution >= 4 is 0 Å². The van der Waals surface area contributed by atoms with Gasteiger partial charge in [0.05, 0.1) is 0 Å². The lowest BCUT2D eigenvalue weighted by atomic mass is 9.73. The van der Waals surface area contributed by atoms with Crippen LogP contribution in [0.5, 0.6) is 0 Å². The monoisotopic (exact) mass is 196 g/mol. The summed E-state index contributed by atoms with van der Waals surface area (Å²) < 4.78 is 0. The van der Waals surface area contributed by atoms with Gasteiger partial charge in [0.15, 0.2) is 0 Å². The first-order valence-electron chi connectivity index (χ1n) is 6.41. The average Bonchev–Trinajstić information content (AvgIpc) is 2.08. The Morgan fingerprint density at radius 1 is 0.500 bits per heavy atom. The van der Waals surface area contributed by atoms with E-state index in [0.29, 0.717) is 10.8 Å². The summed E-state index contributed by atoms with van der Waals surface area (Å²) in [5.74, 6) is 0. The molecule has 0 heterocycles. The maximum absolute atomic E-state index is 2.45. The highest BCUT2D eigenvalue weighted by molar-refractivity contribution is 4.77. The van der Waals surface area contributed by atoms with Gasteiger partial charge < -0.3 is 0 Å². The first-order chi connectivity index (χ1) is 6.41. The highest BCUT2D eigenvalue weighted by Crippen LogP contribution is 2.38. The molecule has 1 aliphatic carbocycles. The maximum Gasteiger partial charge on any atom is -0.0354 e. The molecule has 0 aromatic rings. The van der Waals surface area contributed by atoms with Crippen LogP contribution in [-0.4, -0.2) is 0 Å². The lowest BCUT2D eigenvalue weighted by Gasteiger charge is -2.32. The highest BCUT2D eigenvalue weighted by atomic mass is 14.3. The molecule has 0 unspecified atom stereocenters. The van der Waals surface area contributed by atoms with E-state index in [2.05, 4.69) is 27.7 Å². The second-order valence-electron chi connectivity index (χ2n) is 6.74. The van der Waals surface area contributed by atoms with Gasteiger partial charge >= 0.3 is 0 Å². The molecule has 0 aromatic carbocycles. The van der Waals surface area contributed by atoms with E-state index in [-0.39, 0.29) is 0 Å². The Balaban J connectivity index is 2.50. The van der Waals surface area contributed by atoms with E-state index in [4.69, 9.17) is 0 Å². The molecular formula is C14H28. The molecule has 0 nitrogen and oxygen atoms in total. The summed E-state index contributed by atoms with van der Waals surface area (Å²) in [5.41, 5.74) is 1.18. The summed E-state index contributed by atoms with van der Waals surface area (Å²) in [6.45, 7) is 9.80. The summed E-state index contributed by atoms with van der Waals surface area (Å²) in [6, 6.07) is 0. The summed E-state index contributed by atoms with van der Waals surface area (Å²) in [4.78, 5) is 0. The quantitative estimate of drug-likeness (QED) is 0.501. The van der Waals surface area contributed by atoms with Crippen LogP contribution in [0.3, 0.4) is 0 Å². The first-order valence-corrected chi connectivity index (χ1v) is 6.41. The van der Waals surface area contributed by atoms with Crippen LogP contribution < -0.4 is 0 Å². The van der Waals surface area contributed by atoms with Crippen LogP contribution in [-0.2, 0) is 0 Å². The Morgan fingerprint density at radius 3 is 1.21 bits per heavy atom. The van der Waals surface area contributed by atoms with Crippen molar-refractivity contribution in [2.75, 3.05) is 0 Å². The van der Waals surface area contributed by atoms with E-state index >= 15 is 0 Å². The lowest BCUT2D eigenvalue weighted by Crippen LogP contribution is -2.19. The normalized spacial score (nSPS) is 28.3. The molecule has 1 rings (SSSR count). The third-order valence-electron chi connectivity index (χ3n) is 3.94. The molecule has 1 aliphatic rings. The SMILES string of the molecule is CC1(C)CCCCCCC(C)(C)CC1. The molecule has 0 heteroatoms. The number of rotatable bonds is 0. The van der Waals surface area contributed by atoms with Crippen molar-refractivity contribution in [3.05, 3.63) is 0 Å². The summed E-state index contributed by atoms with van der Waals surface area (Å²) in [6.07, 6.45) is 11.5. The fourth-order valence-electron chi connectivity index (χ4n) is 2.49. The molecule has 0 radical (unpaired) electrons. The van der Waals surface area contributed by atoms with Gasteiger partial charge in [-0.25, -0.2) is 0 Å².